The van der Waals surface area contributed by atoms with E-state index in [-0.39, 0.29) is 6.61 Å². The zero-order chi connectivity index (χ0) is 23.7. The molecular formula is C29H22O5. The van der Waals surface area contributed by atoms with Crippen molar-refractivity contribution in [2.24, 2.45) is 0 Å². The van der Waals surface area contributed by atoms with Gasteiger partial charge in [-0.2, -0.15) is 0 Å². The van der Waals surface area contributed by atoms with E-state index < -0.39 is 11.9 Å². The molecule has 0 fully saturated rings. The Bertz CT molecular complexity index is 1530. The topological polar surface area (TPSA) is 65.7 Å². The highest BCUT2D eigenvalue weighted by molar-refractivity contribution is 6.17. The first-order valence-electron chi connectivity index (χ1n) is 11.1. The van der Waals surface area contributed by atoms with Gasteiger partial charge in [-0.1, -0.05) is 72.8 Å². The lowest BCUT2D eigenvalue weighted by Crippen LogP contribution is -2.10. The number of furan rings is 1. The van der Waals surface area contributed by atoms with Crippen LogP contribution in [0.1, 0.15) is 33.2 Å². The van der Waals surface area contributed by atoms with Gasteiger partial charge in [-0.15, -0.1) is 0 Å². The van der Waals surface area contributed by atoms with Gasteiger partial charge in [-0.25, -0.2) is 9.59 Å². The highest BCUT2D eigenvalue weighted by Gasteiger charge is 2.26. The molecule has 0 saturated heterocycles. The molecule has 0 unspecified atom stereocenters. The summed E-state index contributed by atoms with van der Waals surface area (Å²) in [6.07, 6.45) is 0. The number of carbonyl (C=O) groups is 2. The summed E-state index contributed by atoms with van der Waals surface area (Å²) >= 11 is 0. The molecular weight excluding hydrogens is 428 g/mol. The minimum absolute atomic E-state index is 0.225. The Kier molecular flexibility index (Phi) is 5.60. The molecule has 0 aliphatic carbocycles. The summed E-state index contributed by atoms with van der Waals surface area (Å²) in [5, 5.41) is 1.98. The molecule has 1 heterocycles. The average Bonchev–Trinajstić information content (AvgIpc) is 3.25. The van der Waals surface area contributed by atoms with Gasteiger partial charge in [-0.3, -0.25) is 0 Å². The van der Waals surface area contributed by atoms with Gasteiger partial charge in [0.05, 0.1) is 12.2 Å². The number of hydrogen-bond acceptors (Lipinski definition) is 5. The molecule has 1 aromatic heterocycles. The third-order valence-corrected chi connectivity index (χ3v) is 5.74. The number of benzene rings is 4. The van der Waals surface area contributed by atoms with Crippen LogP contribution in [-0.2, 0) is 4.74 Å². The van der Waals surface area contributed by atoms with Crippen LogP contribution in [0.2, 0.25) is 0 Å². The van der Waals surface area contributed by atoms with Crippen molar-refractivity contribution >= 4 is 33.7 Å². The Hall–Kier alpha value is -4.38. The normalized spacial score (nSPS) is 11.0. The van der Waals surface area contributed by atoms with Crippen molar-refractivity contribution in [3.05, 3.63) is 102 Å². The molecule has 5 nitrogen and oxygen atoms in total. The maximum absolute atomic E-state index is 13.1. The third-order valence-electron chi connectivity index (χ3n) is 5.74. The molecule has 5 rings (SSSR count). The van der Waals surface area contributed by atoms with E-state index >= 15 is 0 Å². The number of esters is 2. The van der Waals surface area contributed by atoms with Crippen LogP contribution in [0.15, 0.2) is 89.3 Å². The van der Waals surface area contributed by atoms with E-state index in [0.29, 0.717) is 39.0 Å². The van der Waals surface area contributed by atoms with Crippen molar-refractivity contribution in [2.75, 3.05) is 6.61 Å². The fourth-order valence-corrected chi connectivity index (χ4v) is 4.13. The standard InChI is InChI=1S/C29H22O5/c1-3-32-29(31)25-23-17-24(33-28(30)20-14-8-7-11-18(20)2)21-15-9-10-16-22(21)27(23)34-26(25)19-12-5-4-6-13-19/h4-17H,3H2,1-2H3. The van der Waals surface area contributed by atoms with E-state index in [2.05, 4.69) is 0 Å². The maximum atomic E-state index is 13.1. The molecule has 0 saturated carbocycles. The minimum atomic E-state index is -0.494. The van der Waals surface area contributed by atoms with E-state index in [1.165, 1.54) is 0 Å². The van der Waals surface area contributed by atoms with Crippen molar-refractivity contribution < 1.29 is 23.5 Å². The third kappa shape index (κ3) is 3.71. The second-order valence-electron chi connectivity index (χ2n) is 7.89. The largest absolute Gasteiger partial charge is 0.462 e. The van der Waals surface area contributed by atoms with Gasteiger partial charge in [0, 0.05) is 21.7 Å². The minimum Gasteiger partial charge on any atom is -0.462 e. The predicted molar refractivity (Wildman–Crippen MR) is 131 cm³/mol. The molecule has 0 aliphatic heterocycles. The van der Waals surface area contributed by atoms with Gasteiger partial charge in [-0.05, 0) is 31.5 Å². The molecule has 34 heavy (non-hydrogen) atoms. The van der Waals surface area contributed by atoms with Crippen LogP contribution in [0.4, 0.5) is 0 Å². The summed E-state index contributed by atoms with van der Waals surface area (Å²) in [6.45, 7) is 3.84. The van der Waals surface area contributed by atoms with Crippen molar-refractivity contribution in [2.45, 2.75) is 13.8 Å². The Labute approximate surface area is 196 Å². The van der Waals surface area contributed by atoms with E-state index in [0.717, 1.165) is 16.5 Å². The van der Waals surface area contributed by atoms with Gasteiger partial charge in [0.2, 0.25) is 0 Å². The van der Waals surface area contributed by atoms with E-state index in [9.17, 15) is 9.59 Å². The molecule has 168 valence electrons. The summed E-state index contributed by atoms with van der Waals surface area (Å²) in [6, 6.07) is 25.9. The second-order valence-corrected chi connectivity index (χ2v) is 7.89. The summed E-state index contributed by atoms with van der Waals surface area (Å²) in [7, 11) is 0. The molecule has 0 spiro atoms. The number of fused-ring (bicyclic) bond motifs is 3. The molecule has 0 N–H and O–H groups in total. The number of hydrogen-bond donors (Lipinski definition) is 0. The maximum Gasteiger partial charge on any atom is 0.343 e. The SMILES string of the molecule is CCOC(=O)c1c(-c2ccccc2)oc2c1cc(OC(=O)c1ccccc1C)c1ccccc12. The zero-order valence-electron chi connectivity index (χ0n) is 18.8. The van der Waals surface area contributed by atoms with Gasteiger partial charge >= 0.3 is 11.9 Å². The first-order valence-corrected chi connectivity index (χ1v) is 11.1. The molecule has 0 atom stereocenters. The Morgan fingerprint density at radius 3 is 2.21 bits per heavy atom. The van der Waals surface area contributed by atoms with Crippen LogP contribution < -0.4 is 4.74 Å². The van der Waals surface area contributed by atoms with Gasteiger partial charge in [0.1, 0.15) is 22.7 Å². The molecule has 4 aromatic carbocycles. The summed E-state index contributed by atoms with van der Waals surface area (Å²) in [5.74, 6) is -0.192. The molecule has 0 radical (unpaired) electrons. The fraction of sp³-hybridized carbons (Fsp3) is 0.103. The van der Waals surface area contributed by atoms with Crippen molar-refractivity contribution in [1.82, 2.24) is 0 Å². The van der Waals surface area contributed by atoms with Gasteiger partial charge in [0.25, 0.3) is 0 Å². The van der Waals surface area contributed by atoms with Crippen LogP contribution in [-0.4, -0.2) is 18.5 Å². The number of ether oxygens (including phenoxy) is 2. The Morgan fingerprint density at radius 1 is 0.794 bits per heavy atom. The van der Waals surface area contributed by atoms with E-state index in [1.807, 2.05) is 73.7 Å². The average molecular weight is 450 g/mol. The summed E-state index contributed by atoms with van der Waals surface area (Å²) < 4.78 is 17.5. The molecule has 0 amide bonds. The number of carbonyl (C=O) groups excluding carboxylic acids is 2. The first-order chi connectivity index (χ1) is 16.6. The van der Waals surface area contributed by atoms with Crippen LogP contribution in [0.5, 0.6) is 5.75 Å². The lowest BCUT2D eigenvalue weighted by molar-refractivity contribution is 0.0528. The monoisotopic (exact) mass is 450 g/mol. The quantitative estimate of drug-likeness (QED) is 0.214. The Balaban J connectivity index is 1.76. The fourth-order valence-electron chi connectivity index (χ4n) is 4.13. The van der Waals surface area contributed by atoms with Gasteiger partial charge < -0.3 is 13.9 Å². The lowest BCUT2D eigenvalue weighted by atomic mass is 10.0. The highest BCUT2D eigenvalue weighted by Crippen LogP contribution is 2.41. The number of rotatable bonds is 5. The molecule has 5 heteroatoms. The van der Waals surface area contributed by atoms with Crippen LogP contribution in [0.25, 0.3) is 33.1 Å². The smallest absolute Gasteiger partial charge is 0.343 e. The zero-order valence-corrected chi connectivity index (χ0v) is 18.8. The first kappa shape index (κ1) is 21.5. The van der Waals surface area contributed by atoms with E-state index in [4.69, 9.17) is 13.9 Å². The number of aryl methyl sites for hydroxylation is 1. The van der Waals surface area contributed by atoms with Crippen LogP contribution in [0, 0.1) is 6.92 Å². The van der Waals surface area contributed by atoms with Gasteiger partial charge in [0.15, 0.2) is 0 Å². The van der Waals surface area contributed by atoms with Crippen LogP contribution in [0.3, 0.4) is 0 Å². The lowest BCUT2D eigenvalue weighted by Gasteiger charge is -2.10. The van der Waals surface area contributed by atoms with Crippen molar-refractivity contribution in [3.8, 4) is 17.1 Å². The van der Waals surface area contributed by atoms with Crippen LogP contribution >= 0.6 is 0 Å². The predicted octanol–water partition coefficient (Wildman–Crippen LogP) is 6.96. The Morgan fingerprint density at radius 2 is 1.47 bits per heavy atom. The summed E-state index contributed by atoms with van der Waals surface area (Å²) in [5.41, 5.74) is 2.90. The molecule has 5 aromatic rings. The van der Waals surface area contributed by atoms with E-state index in [1.54, 1.807) is 25.1 Å². The van der Waals surface area contributed by atoms with Crippen molar-refractivity contribution in [1.29, 1.82) is 0 Å². The summed E-state index contributed by atoms with van der Waals surface area (Å²) in [4.78, 5) is 26.1. The van der Waals surface area contributed by atoms with Crippen molar-refractivity contribution in [3.63, 3.8) is 0 Å². The highest BCUT2D eigenvalue weighted by atomic mass is 16.5. The molecule has 0 bridgehead atoms. The molecule has 0 aliphatic rings. The second kappa shape index (κ2) is 8.87.